The lowest BCUT2D eigenvalue weighted by atomic mass is 10.1. The Morgan fingerprint density at radius 2 is 1.79 bits per heavy atom. The summed E-state index contributed by atoms with van der Waals surface area (Å²) in [6.07, 6.45) is 1.11. The van der Waals surface area contributed by atoms with Crippen molar-refractivity contribution in [1.82, 2.24) is 4.98 Å². The van der Waals surface area contributed by atoms with Gasteiger partial charge in [-0.15, -0.1) is 23.2 Å². The monoisotopic (exact) mass is 524 g/mol. The molecule has 3 N–H and O–H groups in total. The largest absolute Gasteiger partial charge is 0.376 e. The Balaban J connectivity index is 1.49. The summed E-state index contributed by atoms with van der Waals surface area (Å²) in [6, 6.07) is 13.2. The fraction of sp³-hybridized carbons (Fsp3) is 0.174. The third-order valence-corrected chi connectivity index (χ3v) is 6.30. The van der Waals surface area contributed by atoms with Crippen molar-refractivity contribution >= 4 is 63.8 Å². The van der Waals surface area contributed by atoms with E-state index in [9.17, 15) is 18.4 Å². The van der Waals surface area contributed by atoms with Gasteiger partial charge >= 0.3 is 0 Å². The van der Waals surface area contributed by atoms with Crippen molar-refractivity contribution in [2.45, 2.75) is 17.3 Å². The Kier molecular flexibility index (Phi) is 6.93. The third-order valence-electron chi connectivity index (χ3n) is 5.14. The summed E-state index contributed by atoms with van der Waals surface area (Å²) in [4.78, 5) is 28.6. The molecule has 34 heavy (non-hydrogen) atoms. The van der Waals surface area contributed by atoms with Crippen molar-refractivity contribution in [1.29, 1.82) is 0 Å². The molecule has 1 unspecified atom stereocenters. The number of alkyl halides is 2. The third kappa shape index (κ3) is 5.41. The number of hydrogen-bond acceptors (Lipinski definition) is 4. The van der Waals surface area contributed by atoms with Crippen molar-refractivity contribution in [3.63, 3.8) is 0 Å². The average Bonchev–Trinajstić information content (AvgIpc) is 3.46. The number of anilines is 3. The number of carbonyl (C=O) groups excluding carboxylic acids is 2. The van der Waals surface area contributed by atoms with Gasteiger partial charge in [-0.1, -0.05) is 41.9 Å². The lowest BCUT2D eigenvalue weighted by Crippen LogP contribution is -2.19. The first-order valence-corrected chi connectivity index (χ1v) is 11.2. The molecule has 3 aromatic rings. The zero-order chi connectivity index (χ0) is 24.5. The molecule has 0 radical (unpaired) electrons. The molecule has 0 aliphatic heterocycles. The maximum atomic E-state index is 14.9. The number of pyridine rings is 1. The van der Waals surface area contributed by atoms with E-state index in [1.54, 1.807) is 24.3 Å². The van der Waals surface area contributed by atoms with Crippen LogP contribution in [-0.2, 0) is 11.3 Å². The van der Waals surface area contributed by atoms with Gasteiger partial charge < -0.3 is 16.0 Å². The van der Waals surface area contributed by atoms with Crippen LogP contribution in [0.2, 0.25) is 5.02 Å². The van der Waals surface area contributed by atoms with Crippen LogP contribution < -0.4 is 16.0 Å². The highest BCUT2D eigenvalue weighted by Gasteiger charge is 2.56. The first-order chi connectivity index (χ1) is 16.2. The minimum atomic E-state index is -1.10. The van der Waals surface area contributed by atoms with Crippen molar-refractivity contribution < 1.29 is 18.4 Å². The lowest BCUT2D eigenvalue weighted by molar-refractivity contribution is -0.117. The van der Waals surface area contributed by atoms with Gasteiger partial charge in [-0.3, -0.25) is 9.59 Å². The summed E-state index contributed by atoms with van der Waals surface area (Å²) in [5, 5.41) is 7.63. The summed E-state index contributed by atoms with van der Waals surface area (Å²) in [5.74, 6) is -4.24. The molecule has 6 nitrogen and oxygen atoms in total. The average molecular weight is 526 g/mol. The van der Waals surface area contributed by atoms with Crippen LogP contribution in [0.1, 0.15) is 22.3 Å². The number of rotatable bonds is 7. The minimum Gasteiger partial charge on any atom is -0.376 e. The summed E-state index contributed by atoms with van der Waals surface area (Å²) >= 11 is 17.9. The van der Waals surface area contributed by atoms with E-state index in [1.807, 2.05) is 6.07 Å². The molecule has 2 aromatic carbocycles. The number of amides is 2. The van der Waals surface area contributed by atoms with E-state index in [2.05, 4.69) is 20.9 Å². The molecule has 2 amide bonds. The number of halogens is 5. The second-order valence-electron chi connectivity index (χ2n) is 7.64. The first kappa shape index (κ1) is 24.2. The lowest BCUT2D eigenvalue weighted by Gasteiger charge is -2.13. The Morgan fingerprint density at radius 1 is 1.09 bits per heavy atom. The predicted octanol–water partition coefficient (Wildman–Crippen LogP) is 6.01. The SMILES string of the molecule is O=C(Nc1ncc(F)c(NCc2ccccc2)c1F)c1cc(NC(=O)C2CC2(Cl)Cl)ccc1Cl. The van der Waals surface area contributed by atoms with Crippen molar-refractivity contribution in [2.24, 2.45) is 5.92 Å². The van der Waals surface area contributed by atoms with Gasteiger partial charge in [0.05, 0.1) is 22.7 Å². The van der Waals surface area contributed by atoms with Crippen LogP contribution in [0.5, 0.6) is 0 Å². The standard InChI is InChI=1S/C23H17Cl3F2N4O2/c24-16-7-6-13(31-22(34)15-9-23(15,25)26)8-14(16)21(33)32-20-18(28)19(17(27)11-30-20)29-10-12-4-2-1-3-5-12/h1-8,11,15H,9-10H2,(H,31,34)(H2,29,30,32,33). The van der Waals surface area contributed by atoms with Crippen LogP contribution in [0.15, 0.2) is 54.7 Å². The number of carbonyl (C=O) groups is 2. The Bertz CT molecular complexity index is 1260. The summed E-state index contributed by atoms with van der Waals surface area (Å²) in [7, 11) is 0. The molecule has 11 heteroatoms. The fourth-order valence-electron chi connectivity index (χ4n) is 3.18. The molecule has 1 aliphatic carbocycles. The molecule has 1 fully saturated rings. The van der Waals surface area contributed by atoms with E-state index >= 15 is 0 Å². The quantitative estimate of drug-likeness (QED) is 0.330. The summed E-state index contributed by atoms with van der Waals surface area (Å²) in [5.41, 5.74) is 0.591. The van der Waals surface area contributed by atoms with Crippen LogP contribution in [0.3, 0.4) is 0 Å². The molecule has 4 rings (SSSR count). The Morgan fingerprint density at radius 3 is 2.47 bits per heavy atom. The molecule has 176 valence electrons. The van der Waals surface area contributed by atoms with Crippen LogP contribution in [-0.4, -0.2) is 21.1 Å². The van der Waals surface area contributed by atoms with Gasteiger partial charge in [0.15, 0.2) is 17.5 Å². The van der Waals surface area contributed by atoms with E-state index in [0.717, 1.165) is 11.8 Å². The maximum absolute atomic E-state index is 14.9. The van der Waals surface area contributed by atoms with E-state index in [-0.39, 0.29) is 22.8 Å². The van der Waals surface area contributed by atoms with Crippen LogP contribution in [0, 0.1) is 17.6 Å². The molecule has 1 aliphatic rings. The fourth-order valence-corrected chi connectivity index (χ4v) is 3.89. The molecule has 1 aromatic heterocycles. The van der Waals surface area contributed by atoms with Gasteiger partial charge in [0, 0.05) is 12.2 Å². The van der Waals surface area contributed by atoms with E-state index < -0.39 is 45.2 Å². The molecule has 1 heterocycles. The zero-order valence-electron chi connectivity index (χ0n) is 17.3. The summed E-state index contributed by atoms with van der Waals surface area (Å²) in [6.45, 7) is 0.159. The van der Waals surface area contributed by atoms with Gasteiger partial charge in [-0.05, 0) is 30.2 Å². The number of hydrogen-bond donors (Lipinski definition) is 3. The van der Waals surface area contributed by atoms with Crippen LogP contribution in [0.25, 0.3) is 0 Å². The van der Waals surface area contributed by atoms with Crippen molar-refractivity contribution in [3.8, 4) is 0 Å². The summed E-state index contributed by atoms with van der Waals surface area (Å²) < 4.78 is 28.0. The van der Waals surface area contributed by atoms with E-state index in [0.29, 0.717) is 6.42 Å². The van der Waals surface area contributed by atoms with Crippen molar-refractivity contribution in [3.05, 3.63) is 82.5 Å². The highest BCUT2D eigenvalue weighted by atomic mass is 35.5. The number of nitrogens with zero attached hydrogens (tertiary/aromatic N) is 1. The number of benzene rings is 2. The predicted molar refractivity (Wildman–Crippen MR) is 129 cm³/mol. The van der Waals surface area contributed by atoms with Gasteiger partial charge in [0.1, 0.15) is 10.0 Å². The van der Waals surface area contributed by atoms with E-state index in [1.165, 1.54) is 18.2 Å². The molecular formula is C23H17Cl3F2N4O2. The van der Waals surface area contributed by atoms with Gasteiger partial charge in [0.25, 0.3) is 5.91 Å². The Hall–Kier alpha value is -2.94. The number of nitrogens with one attached hydrogen (secondary N) is 3. The molecule has 0 saturated heterocycles. The molecule has 1 saturated carbocycles. The molecule has 1 atom stereocenters. The number of aromatic nitrogens is 1. The highest BCUT2D eigenvalue weighted by Crippen LogP contribution is 2.53. The van der Waals surface area contributed by atoms with Crippen LogP contribution in [0.4, 0.5) is 26.0 Å². The highest BCUT2D eigenvalue weighted by molar-refractivity contribution is 6.52. The maximum Gasteiger partial charge on any atom is 0.258 e. The van der Waals surface area contributed by atoms with Crippen LogP contribution >= 0.6 is 34.8 Å². The topological polar surface area (TPSA) is 83.1 Å². The second-order valence-corrected chi connectivity index (χ2v) is 9.59. The smallest absolute Gasteiger partial charge is 0.258 e. The zero-order valence-corrected chi connectivity index (χ0v) is 19.6. The molecular weight excluding hydrogens is 509 g/mol. The Labute approximate surface area is 208 Å². The van der Waals surface area contributed by atoms with Gasteiger partial charge in [-0.2, -0.15) is 0 Å². The first-order valence-electron chi connectivity index (χ1n) is 10.1. The van der Waals surface area contributed by atoms with Gasteiger partial charge in [-0.25, -0.2) is 13.8 Å². The second kappa shape index (κ2) is 9.74. The molecule has 0 bridgehead atoms. The molecule has 0 spiro atoms. The normalized spacial score (nSPS) is 16.0. The van der Waals surface area contributed by atoms with Gasteiger partial charge in [0.2, 0.25) is 5.91 Å². The minimum absolute atomic E-state index is 0.0518. The van der Waals surface area contributed by atoms with Crippen molar-refractivity contribution in [2.75, 3.05) is 16.0 Å². The van der Waals surface area contributed by atoms with E-state index in [4.69, 9.17) is 34.8 Å².